The number of H-pyrrole nitrogens is 2. The Hall–Kier alpha value is -5.35. The Morgan fingerprint density at radius 2 is 1.68 bits per heavy atom. The number of aromatic nitrogens is 4. The van der Waals surface area contributed by atoms with E-state index in [1.54, 1.807) is 11.2 Å². The first-order chi connectivity index (χ1) is 29.0. The number of carboxylic acid groups (broad SMARTS) is 1. The van der Waals surface area contributed by atoms with Crippen LogP contribution in [0.25, 0.3) is 44.2 Å². The number of rotatable bonds is 10. The predicted octanol–water partition coefficient (Wildman–Crippen LogP) is 7.96. The van der Waals surface area contributed by atoms with Crippen LogP contribution in [0.2, 0.25) is 0 Å². The molecule has 5 aromatic rings. The summed E-state index contributed by atoms with van der Waals surface area (Å²) in [6.45, 7) is 7.27. The van der Waals surface area contributed by atoms with Crippen LogP contribution in [0.1, 0.15) is 89.4 Å². The van der Waals surface area contributed by atoms with Gasteiger partial charge >= 0.3 is 12.2 Å². The van der Waals surface area contributed by atoms with Crippen LogP contribution in [-0.2, 0) is 14.3 Å². The number of alkyl carbamates (subject to hydrolysis) is 1. The van der Waals surface area contributed by atoms with E-state index in [0.717, 1.165) is 75.7 Å². The van der Waals surface area contributed by atoms with Gasteiger partial charge in [-0.1, -0.05) is 56.3 Å². The van der Waals surface area contributed by atoms with Crippen LogP contribution in [0.15, 0.2) is 60.8 Å². The number of quaternary nitrogens is 1. The molecule has 1 aliphatic carbocycles. The minimum absolute atomic E-state index is 0.0260. The maximum atomic E-state index is 14.1. The van der Waals surface area contributed by atoms with Crippen LogP contribution in [0.5, 0.6) is 0 Å². The summed E-state index contributed by atoms with van der Waals surface area (Å²) in [7, 11) is 1.31. The zero-order chi connectivity index (χ0) is 41.9. The number of carbonyl (C=O) groups excluding carboxylic acids is 2. The van der Waals surface area contributed by atoms with Gasteiger partial charge in [0.05, 0.1) is 42.6 Å². The molecule has 2 aromatic heterocycles. The fraction of sp³-hybridized carbons (Fsp3) is 0.489. The molecular weight excluding hydrogens is 765 g/mol. The maximum absolute atomic E-state index is 14.1. The molecule has 1 saturated carbocycles. The van der Waals surface area contributed by atoms with Crippen LogP contribution in [0.4, 0.5) is 9.59 Å². The highest BCUT2D eigenvalue weighted by molar-refractivity contribution is 6.05. The Balaban J connectivity index is 0.935. The number of nitrogens with one attached hydrogen (secondary N) is 3. The third-order valence-corrected chi connectivity index (χ3v) is 13.9. The second-order valence-electron chi connectivity index (χ2n) is 17.5. The average molecular weight is 820 g/mol. The smallest absolute Gasteiger partial charge is 0.453 e. The summed E-state index contributed by atoms with van der Waals surface area (Å²) in [5, 5.41) is 28.7. The molecule has 7 atom stereocenters. The first-order valence-electron chi connectivity index (χ1n) is 21.4. The lowest BCUT2D eigenvalue weighted by Gasteiger charge is -2.42. The molecule has 5 N–H and O–H groups in total. The van der Waals surface area contributed by atoms with Gasteiger partial charge in [-0.3, -0.25) is 4.79 Å². The predicted molar refractivity (Wildman–Crippen MR) is 223 cm³/mol. The molecule has 4 fully saturated rings. The van der Waals surface area contributed by atoms with Crippen molar-refractivity contribution in [1.29, 1.82) is 0 Å². The third kappa shape index (κ3) is 6.90. The number of hydroxylamine groups is 2. The number of ether oxygens (including phenoxy) is 2. The van der Waals surface area contributed by atoms with Gasteiger partial charge in [-0.2, -0.15) is 10.0 Å². The Morgan fingerprint density at radius 1 is 0.933 bits per heavy atom. The number of fused-ring (bicyclic) bond motifs is 5. The van der Waals surface area contributed by atoms with Gasteiger partial charge in [0.15, 0.2) is 6.04 Å². The van der Waals surface area contributed by atoms with Gasteiger partial charge in [0, 0.05) is 30.6 Å². The van der Waals surface area contributed by atoms with E-state index in [0.29, 0.717) is 50.8 Å². The second kappa shape index (κ2) is 15.9. The zero-order valence-electron chi connectivity index (χ0n) is 34.6. The topological polar surface area (TPSA) is 186 Å². The molecule has 2 bridgehead atoms. The van der Waals surface area contributed by atoms with Crippen molar-refractivity contribution in [2.75, 3.05) is 26.9 Å². The first-order valence-corrected chi connectivity index (χ1v) is 21.4. The number of hydrogen-bond donors (Lipinski definition) is 5. The number of methoxy groups -OCH3 is 1. The molecular formula is C45H55N8O7+. The van der Waals surface area contributed by atoms with E-state index in [9.17, 15) is 24.7 Å². The quantitative estimate of drug-likeness (QED) is 0.0526. The van der Waals surface area contributed by atoms with E-state index in [4.69, 9.17) is 19.4 Å². The number of nitrogens with zero attached hydrogens (tertiary/aromatic N) is 5. The third-order valence-electron chi connectivity index (χ3n) is 13.9. The normalized spacial score (nSPS) is 24.3. The monoisotopic (exact) mass is 819 g/mol. The highest BCUT2D eigenvalue weighted by Gasteiger charge is 2.56. The highest BCUT2D eigenvalue weighted by Crippen LogP contribution is 2.50. The number of piperidine rings is 1. The van der Waals surface area contributed by atoms with Crippen molar-refractivity contribution in [3.8, 4) is 22.4 Å². The summed E-state index contributed by atoms with van der Waals surface area (Å²) in [5.41, 5.74) is 5.65. The molecule has 316 valence electrons. The molecule has 3 amide bonds. The molecule has 9 rings (SSSR count). The Bertz CT molecular complexity index is 2410. The van der Waals surface area contributed by atoms with E-state index in [-0.39, 0.29) is 35.9 Å². The van der Waals surface area contributed by atoms with Gasteiger partial charge in [0.25, 0.3) is 0 Å². The summed E-state index contributed by atoms with van der Waals surface area (Å²) in [6.07, 6.45) is 5.65. The van der Waals surface area contributed by atoms with Crippen molar-refractivity contribution >= 4 is 39.9 Å². The second-order valence-corrected chi connectivity index (χ2v) is 17.5. The molecule has 15 heteroatoms. The number of aromatic amines is 2. The molecule has 60 heavy (non-hydrogen) atoms. The summed E-state index contributed by atoms with van der Waals surface area (Å²) in [4.78, 5) is 57.9. The van der Waals surface area contributed by atoms with Gasteiger partial charge in [0.2, 0.25) is 5.91 Å². The molecule has 0 radical (unpaired) electrons. The molecule has 15 nitrogen and oxygen atoms in total. The van der Waals surface area contributed by atoms with Gasteiger partial charge in [-0.25, -0.2) is 14.8 Å². The molecule has 4 unspecified atom stereocenters. The number of hydrogen-bond acceptors (Lipinski definition) is 9. The van der Waals surface area contributed by atoms with Crippen LogP contribution in [0, 0.1) is 17.8 Å². The number of benzene rings is 3. The molecule has 4 aliphatic rings. The first kappa shape index (κ1) is 40.1. The maximum Gasteiger partial charge on any atom is 0.568 e. The number of likely N-dealkylation sites (tertiary alicyclic amines) is 1. The van der Waals surface area contributed by atoms with E-state index in [1.807, 2.05) is 25.7 Å². The van der Waals surface area contributed by atoms with Crippen molar-refractivity contribution in [2.24, 2.45) is 17.8 Å². The van der Waals surface area contributed by atoms with Crippen LogP contribution >= 0.6 is 0 Å². The highest BCUT2D eigenvalue weighted by atomic mass is 16.7. The van der Waals surface area contributed by atoms with Crippen molar-refractivity contribution < 1.29 is 38.9 Å². The molecule has 5 heterocycles. The SMILES string of the molecule is COC(=O)NC(C(=O)N1[C@@H]2CC[C@@H](C2)[C@H]1c1nc2c(ccc3cc(-c4ccc(-c5cnc(C6CCCN6[N+](O)(C(=O)O)C(C)C6CCOCC6)[nH]5)cc4)ccc32)[nH]1)C(C)C. The van der Waals surface area contributed by atoms with E-state index in [1.165, 1.54) is 7.11 Å². The van der Waals surface area contributed by atoms with Gasteiger partial charge in [-0.05, 0) is 103 Å². The largest absolute Gasteiger partial charge is 0.568 e. The molecule has 3 saturated heterocycles. The lowest BCUT2D eigenvalue weighted by Crippen LogP contribution is -2.67. The molecule has 0 spiro atoms. The average Bonchev–Trinajstić information content (AvgIpc) is 4.13. The fourth-order valence-electron chi connectivity index (χ4n) is 10.6. The molecule has 3 aromatic carbocycles. The number of carbonyl (C=O) groups is 3. The van der Waals surface area contributed by atoms with Gasteiger partial charge in [-0.15, -0.1) is 5.01 Å². The van der Waals surface area contributed by atoms with Crippen molar-refractivity contribution in [1.82, 2.24) is 35.2 Å². The summed E-state index contributed by atoms with van der Waals surface area (Å²) >= 11 is 0. The van der Waals surface area contributed by atoms with Gasteiger partial charge in [0.1, 0.15) is 23.7 Å². The van der Waals surface area contributed by atoms with Crippen LogP contribution < -0.4 is 5.32 Å². The summed E-state index contributed by atoms with van der Waals surface area (Å²) in [6, 6.07) is 17.1. The lowest BCUT2D eigenvalue weighted by atomic mass is 9.92. The van der Waals surface area contributed by atoms with E-state index in [2.05, 4.69) is 69.9 Å². The van der Waals surface area contributed by atoms with Crippen LogP contribution in [0.3, 0.4) is 0 Å². The Labute approximate surface area is 348 Å². The lowest BCUT2D eigenvalue weighted by molar-refractivity contribution is -1.15. The number of amides is 3. The van der Waals surface area contributed by atoms with Crippen molar-refractivity contribution in [3.05, 3.63) is 72.4 Å². The molecule has 3 aliphatic heterocycles. The Morgan fingerprint density at radius 3 is 2.42 bits per heavy atom. The fourth-order valence-corrected chi connectivity index (χ4v) is 10.6. The zero-order valence-corrected chi connectivity index (χ0v) is 34.6. The van der Waals surface area contributed by atoms with Gasteiger partial charge < -0.3 is 34.8 Å². The summed E-state index contributed by atoms with van der Waals surface area (Å²) < 4.78 is 9.20. The minimum atomic E-state index is -1.28. The Kier molecular flexibility index (Phi) is 10.6. The number of imidazole rings is 2. The minimum Gasteiger partial charge on any atom is -0.453 e. The standard InChI is InChI=1S/C45H54N8O7/c1-25(2)38(50-44(55)59-4)43(54)52-33-14-11-32(23-33)40(52)42-47-35-16-13-31-22-30(12-15-34(31)39(35)49-42)28-7-9-29(10-8-28)36-24-46-41(48-36)37-6-5-19-51(37)53(58,45(56)57)26(3)27-17-20-60-21-18-27/h7-10,12-13,15-16,22,24-27,32-33,37-38,40,58H,5-6,11,14,17-21,23H2,1-4H3,(H3-,46,47,48,49,50,55,56,57)/p+1/t26?,32-,33+,37?,38?,40-,53?/m0/s1. The van der Waals surface area contributed by atoms with Crippen molar-refractivity contribution in [2.45, 2.75) is 95.9 Å². The summed E-state index contributed by atoms with van der Waals surface area (Å²) in [5.74, 6) is 1.53. The van der Waals surface area contributed by atoms with E-state index >= 15 is 0 Å². The van der Waals surface area contributed by atoms with Crippen molar-refractivity contribution in [3.63, 3.8) is 0 Å². The van der Waals surface area contributed by atoms with Crippen LogP contribution in [-0.4, -0.2) is 108 Å². The van der Waals surface area contributed by atoms with E-state index < -0.39 is 29.0 Å².